The molecule has 1 aliphatic carbocycles. The third-order valence-electron chi connectivity index (χ3n) is 9.33. The lowest BCUT2D eigenvalue weighted by Gasteiger charge is -2.34. The van der Waals surface area contributed by atoms with Crippen LogP contribution in [0.3, 0.4) is 0 Å². The van der Waals surface area contributed by atoms with Crippen LogP contribution in [0.2, 0.25) is 0 Å². The fourth-order valence-electron chi connectivity index (χ4n) is 7.11. The lowest BCUT2D eigenvalue weighted by atomic mass is 9.69. The smallest absolute Gasteiger partial charge is 0.261 e. The van der Waals surface area contributed by atoms with E-state index in [0.29, 0.717) is 24.1 Å². The van der Waals surface area contributed by atoms with Gasteiger partial charge in [0.05, 0.1) is 29.8 Å². The number of rotatable bonds is 12. The highest BCUT2D eigenvalue weighted by molar-refractivity contribution is 6.21. The first-order valence-corrected chi connectivity index (χ1v) is 15.3. The van der Waals surface area contributed by atoms with Crippen LogP contribution >= 0.6 is 0 Å². The third kappa shape index (κ3) is 5.21. The number of hydrogen-bond donors (Lipinski definition) is 1. The maximum absolute atomic E-state index is 12.5. The SMILES string of the molecule is COc1ccc2c3c1O[C@H]1C[C@@H](O)C=C[C@]31CC[N+](CCCCCCCCCCN1C(=O)c3ccccc3C1=O)=C2. The predicted molar refractivity (Wildman–Crippen MR) is 157 cm³/mol. The molecule has 4 aliphatic rings. The average Bonchev–Trinajstić information content (AvgIpc) is 3.37. The Morgan fingerprint density at radius 2 is 1.66 bits per heavy atom. The summed E-state index contributed by atoms with van der Waals surface area (Å²) < 4.78 is 14.5. The molecular formula is C34H41N2O5+. The van der Waals surface area contributed by atoms with Crippen molar-refractivity contribution in [3.05, 3.63) is 70.8 Å². The van der Waals surface area contributed by atoms with Gasteiger partial charge in [-0.3, -0.25) is 14.5 Å². The first-order valence-electron chi connectivity index (χ1n) is 15.3. The van der Waals surface area contributed by atoms with Crippen LogP contribution in [-0.2, 0) is 5.41 Å². The second-order valence-corrected chi connectivity index (χ2v) is 11.9. The fraction of sp³-hybridized carbons (Fsp3) is 0.500. The number of ether oxygens (including phenoxy) is 2. The van der Waals surface area contributed by atoms with Gasteiger partial charge in [0, 0.05) is 36.9 Å². The Bertz CT molecular complexity index is 1350. The van der Waals surface area contributed by atoms with Crippen LogP contribution in [0, 0.1) is 0 Å². The normalized spacial score (nSPS) is 24.0. The largest absolute Gasteiger partial charge is 0.493 e. The maximum Gasteiger partial charge on any atom is 0.261 e. The number of imide groups is 1. The molecule has 41 heavy (non-hydrogen) atoms. The summed E-state index contributed by atoms with van der Waals surface area (Å²) in [7, 11) is 1.69. The third-order valence-corrected chi connectivity index (χ3v) is 9.33. The van der Waals surface area contributed by atoms with E-state index in [9.17, 15) is 14.7 Å². The van der Waals surface area contributed by atoms with E-state index in [2.05, 4.69) is 22.9 Å². The van der Waals surface area contributed by atoms with Crippen LogP contribution < -0.4 is 9.47 Å². The zero-order chi connectivity index (χ0) is 28.4. The van der Waals surface area contributed by atoms with Crippen molar-refractivity contribution >= 4 is 18.0 Å². The van der Waals surface area contributed by atoms with E-state index in [1.165, 1.54) is 41.7 Å². The molecular weight excluding hydrogens is 516 g/mol. The lowest BCUT2D eigenvalue weighted by Crippen LogP contribution is -2.42. The van der Waals surface area contributed by atoms with Gasteiger partial charge < -0.3 is 14.6 Å². The van der Waals surface area contributed by atoms with E-state index in [4.69, 9.17) is 9.47 Å². The van der Waals surface area contributed by atoms with Gasteiger partial charge in [-0.1, -0.05) is 56.4 Å². The fourth-order valence-corrected chi connectivity index (χ4v) is 7.11. The van der Waals surface area contributed by atoms with Crippen LogP contribution in [0.1, 0.15) is 96.1 Å². The van der Waals surface area contributed by atoms with Gasteiger partial charge in [-0.05, 0) is 37.1 Å². The number of unbranched alkanes of at least 4 members (excludes halogenated alkanes) is 7. The zero-order valence-electron chi connectivity index (χ0n) is 24.0. The van der Waals surface area contributed by atoms with Gasteiger partial charge in [0.15, 0.2) is 17.7 Å². The lowest BCUT2D eigenvalue weighted by molar-refractivity contribution is -0.524. The van der Waals surface area contributed by atoms with E-state index in [1.54, 1.807) is 19.2 Å². The number of benzene rings is 2. The number of methoxy groups -OCH3 is 1. The van der Waals surface area contributed by atoms with Crippen molar-refractivity contribution < 1.29 is 28.7 Å². The summed E-state index contributed by atoms with van der Waals surface area (Å²) in [5.41, 5.74) is 3.29. The minimum absolute atomic E-state index is 0.0615. The number of aliphatic hydroxyl groups is 1. The highest BCUT2D eigenvalue weighted by Crippen LogP contribution is 2.54. The molecule has 6 rings (SSSR count). The van der Waals surface area contributed by atoms with Crippen LogP contribution in [0.4, 0.5) is 0 Å². The van der Waals surface area contributed by atoms with Gasteiger partial charge in [-0.25, -0.2) is 4.58 Å². The van der Waals surface area contributed by atoms with Gasteiger partial charge in [0.25, 0.3) is 11.8 Å². The maximum atomic E-state index is 12.5. The van der Waals surface area contributed by atoms with Crippen molar-refractivity contribution in [2.75, 3.05) is 26.7 Å². The van der Waals surface area contributed by atoms with Crippen LogP contribution in [0.15, 0.2) is 48.6 Å². The van der Waals surface area contributed by atoms with Gasteiger partial charge in [0.2, 0.25) is 0 Å². The summed E-state index contributed by atoms with van der Waals surface area (Å²) in [5.74, 6) is 1.32. The molecule has 0 unspecified atom stereocenters. The summed E-state index contributed by atoms with van der Waals surface area (Å²) in [4.78, 5) is 26.4. The number of hydrogen-bond acceptors (Lipinski definition) is 5. The van der Waals surface area contributed by atoms with E-state index < -0.39 is 6.10 Å². The molecule has 2 amide bonds. The number of fused-ring (bicyclic) bond motifs is 1. The van der Waals surface area contributed by atoms with Gasteiger partial charge in [0.1, 0.15) is 19.2 Å². The Balaban J connectivity index is 0.924. The van der Waals surface area contributed by atoms with Crippen molar-refractivity contribution in [2.24, 2.45) is 0 Å². The van der Waals surface area contributed by atoms with E-state index >= 15 is 0 Å². The van der Waals surface area contributed by atoms with Crippen molar-refractivity contribution in [1.29, 1.82) is 0 Å². The van der Waals surface area contributed by atoms with E-state index in [1.807, 2.05) is 24.3 Å². The molecule has 3 atom stereocenters. The van der Waals surface area contributed by atoms with Crippen LogP contribution in [-0.4, -0.2) is 71.6 Å². The number of nitrogens with zero attached hydrogens (tertiary/aromatic N) is 2. The van der Waals surface area contributed by atoms with E-state index in [-0.39, 0.29) is 23.3 Å². The van der Waals surface area contributed by atoms with E-state index in [0.717, 1.165) is 56.7 Å². The molecule has 3 aliphatic heterocycles. The van der Waals surface area contributed by atoms with Gasteiger partial charge in [-0.2, -0.15) is 0 Å². The first kappa shape index (κ1) is 27.7. The molecule has 7 heteroatoms. The summed E-state index contributed by atoms with van der Waals surface area (Å²) >= 11 is 0. The molecule has 216 valence electrons. The molecule has 0 saturated carbocycles. The van der Waals surface area contributed by atoms with Crippen LogP contribution in [0.25, 0.3) is 0 Å². The van der Waals surface area contributed by atoms with Crippen LogP contribution in [0.5, 0.6) is 11.5 Å². The highest BCUT2D eigenvalue weighted by atomic mass is 16.5. The summed E-state index contributed by atoms with van der Waals surface area (Å²) in [6, 6.07) is 11.3. The molecule has 0 aromatic heterocycles. The monoisotopic (exact) mass is 557 g/mol. The second kappa shape index (κ2) is 11.8. The Labute approximate surface area is 242 Å². The Morgan fingerprint density at radius 3 is 2.37 bits per heavy atom. The van der Waals surface area contributed by atoms with Crippen molar-refractivity contribution in [3.8, 4) is 11.5 Å². The number of carbonyl (C=O) groups is 2. The molecule has 0 bridgehead atoms. The summed E-state index contributed by atoms with van der Waals surface area (Å²) in [6.07, 6.45) is 16.5. The zero-order valence-corrected chi connectivity index (χ0v) is 24.0. The Hall–Kier alpha value is -3.45. The van der Waals surface area contributed by atoms with Crippen molar-refractivity contribution in [1.82, 2.24) is 4.90 Å². The molecule has 0 saturated heterocycles. The standard InChI is InChI=1S/C34H41N2O5/c1-40-28-15-14-24-23-35(21-18-34-17-16-25(37)22-29(34)41-31(28)30(24)34)19-10-6-4-2-3-5-7-11-20-36-32(38)26-12-8-9-13-27(26)33(36)39/h8-9,12-17,23,25,29,37H,2-7,10-11,18-22H2,1H3/q+1/t25-,29-,34+/m0/s1. The quantitative estimate of drug-likeness (QED) is 0.167. The van der Waals surface area contributed by atoms with Crippen molar-refractivity contribution in [3.63, 3.8) is 0 Å². The molecule has 0 radical (unpaired) electrons. The molecule has 7 nitrogen and oxygen atoms in total. The summed E-state index contributed by atoms with van der Waals surface area (Å²) in [6.45, 7) is 2.51. The molecule has 3 heterocycles. The number of aliphatic hydroxyl groups excluding tert-OH is 1. The average molecular weight is 558 g/mol. The molecule has 1 N–H and O–H groups in total. The minimum Gasteiger partial charge on any atom is -0.493 e. The molecule has 0 fully saturated rings. The highest BCUT2D eigenvalue weighted by Gasteiger charge is 2.53. The predicted octanol–water partition coefficient (Wildman–Crippen LogP) is 5.27. The van der Waals surface area contributed by atoms with Gasteiger partial charge in [-0.15, -0.1) is 0 Å². The Kier molecular flexibility index (Phi) is 7.98. The number of amides is 2. The topological polar surface area (TPSA) is 79.1 Å². The Morgan fingerprint density at radius 1 is 0.976 bits per heavy atom. The van der Waals surface area contributed by atoms with Crippen molar-refractivity contribution in [2.45, 2.75) is 81.8 Å². The molecule has 1 spiro atoms. The first-order chi connectivity index (χ1) is 20.0. The molecule has 2 aromatic carbocycles. The molecule has 2 aromatic rings. The number of carbonyl (C=O) groups excluding carboxylic acids is 2. The minimum atomic E-state index is -0.464. The summed E-state index contributed by atoms with van der Waals surface area (Å²) in [5, 5.41) is 10.3. The second-order valence-electron chi connectivity index (χ2n) is 11.9. The van der Waals surface area contributed by atoms with Gasteiger partial charge >= 0.3 is 0 Å².